The van der Waals surface area contributed by atoms with Crippen molar-refractivity contribution in [3.8, 4) is 5.82 Å². The van der Waals surface area contributed by atoms with Crippen LogP contribution >= 0.6 is 15.9 Å². The molecular weight excluding hydrogens is 460 g/mol. The molecule has 31 heavy (non-hydrogen) atoms. The van der Waals surface area contributed by atoms with Gasteiger partial charge in [0.1, 0.15) is 17.5 Å². The minimum atomic E-state index is -0.354. The molecule has 1 unspecified atom stereocenters. The maximum absolute atomic E-state index is 12.6. The highest BCUT2D eigenvalue weighted by Crippen LogP contribution is 2.27. The smallest absolute Gasteiger partial charge is 0.227 e. The van der Waals surface area contributed by atoms with E-state index < -0.39 is 0 Å². The van der Waals surface area contributed by atoms with Gasteiger partial charge in [0.2, 0.25) is 11.8 Å². The van der Waals surface area contributed by atoms with E-state index >= 15 is 0 Å². The Labute approximate surface area is 188 Å². The fourth-order valence-corrected chi connectivity index (χ4v) is 3.95. The Hall–Kier alpha value is -3.20. The summed E-state index contributed by atoms with van der Waals surface area (Å²) < 4.78 is 2.81. The molecule has 9 heteroatoms. The summed E-state index contributed by atoms with van der Waals surface area (Å²) in [6, 6.07) is 13.3. The van der Waals surface area contributed by atoms with Crippen LogP contribution in [-0.2, 0) is 9.59 Å². The molecule has 2 amide bonds. The van der Waals surface area contributed by atoms with Crippen LogP contribution < -0.4 is 15.5 Å². The summed E-state index contributed by atoms with van der Waals surface area (Å²) in [5.74, 6) is 1.64. The van der Waals surface area contributed by atoms with Gasteiger partial charge in [-0.05, 0) is 37.3 Å². The average molecular weight is 483 g/mol. The summed E-state index contributed by atoms with van der Waals surface area (Å²) in [5.41, 5.74) is 0.800. The molecule has 3 heterocycles. The monoisotopic (exact) mass is 482 g/mol. The van der Waals surface area contributed by atoms with Crippen LogP contribution in [0.3, 0.4) is 0 Å². The number of aromatic nitrogens is 3. The zero-order chi connectivity index (χ0) is 21.8. The number of carbonyl (C=O) groups excluding carboxylic acids is 2. The van der Waals surface area contributed by atoms with Crippen LogP contribution in [0.5, 0.6) is 0 Å². The van der Waals surface area contributed by atoms with Gasteiger partial charge in [-0.15, -0.1) is 0 Å². The van der Waals surface area contributed by atoms with Gasteiger partial charge >= 0.3 is 0 Å². The second-order valence-corrected chi connectivity index (χ2v) is 8.27. The number of rotatable bonds is 7. The zero-order valence-electron chi connectivity index (χ0n) is 17.1. The SMILES string of the molecule is Cc1nc(NCCNC(=O)C2CC(=O)N(c3cccc(Br)c3)C2)cc(-n2cccc2)n1. The Balaban J connectivity index is 1.28. The van der Waals surface area contributed by atoms with Gasteiger partial charge in [-0.1, -0.05) is 22.0 Å². The van der Waals surface area contributed by atoms with Crippen LogP contribution in [0.2, 0.25) is 0 Å². The maximum atomic E-state index is 12.6. The molecular formula is C22H23BrN6O2. The number of hydrogen-bond acceptors (Lipinski definition) is 5. The highest BCUT2D eigenvalue weighted by molar-refractivity contribution is 9.10. The minimum Gasteiger partial charge on any atom is -0.368 e. The molecule has 1 atom stereocenters. The fourth-order valence-electron chi connectivity index (χ4n) is 3.56. The van der Waals surface area contributed by atoms with Crippen molar-refractivity contribution >= 4 is 39.2 Å². The molecule has 4 rings (SSSR count). The van der Waals surface area contributed by atoms with Gasteiger partial charge in [-0.2, -0.15) is 0 Å². The van der Waals surface area contributed by atoms with Crippen LogP contribution in [0.15, 0.2) is 59.3 Å². The predicted octanol–water partition coefficient (Wildman–Crippen LogP) is 2.92. The molecule has 1 aliphatic heterocycles. The fraction of sp³-hybridized carbons (Fsp3) is 0.273. The van der Waals surface area contributed by atoms with Gasteiger partial charge in [-0.3, -0.25) is 9.59 Å². The van der Waals surface area contributed by atoms with E-state index in [2.05, 4.69) is 36.5 Å². The highest BCUT2D eigenvalue weighted by atomic mass is 79.9. The van der Waals surface area contributed by atoms with Crippen LogP contribution in [0.4, 0.5) is 11.5 Å². The Morgan fingerprint density at radius 3 is 2.74 bits per heavy atom. The average Bonchev–Trinajstić information content (AvgIpc) is 3.41. The summed E-state index contributed by atoms with van der Waals surface area (Å²) in [7, 11) is 0. The van der Waals surface area contributed by atoms with Crippen molar-refractivity contribution in [2.24, 2.45) is 5.92 Å². The Bertz CT molecular complexity index is 1090. The first kappa shape index (κ1) is 21.0. The summed E-state index contributed by atoms with van der Waals surface area (Å²) in [6.45, 7) is 3.18. The molecule has 2 aromatic heterocycles. The molecule has 0 bridgehead atoms. The number of benzene rings is 1. The topological polar surface area (TPSA) is 92.1 Å². The lowest BCUT2D eigenvalue weighted by Gasteiger charge is -2.17. The lowest BCUT2D eigenvalue weighted by Crippen LogP contribution is -2.35. The first-order valence-electron chi connectivity index (χ1n) is 10.1. The summed E-state index contributed by atoms with van der Waals surface area (Å²) in [6.07, 6.45) is 4.06. The molecule has 0 radical (unpaired) electrons. The number of amides is 2. The molecule has 0 spiro atoms. The molecule has 3 aromatic rings. The molecule has 1 aliphatic rings. The second kappa shape index (κ2) is 9.30. The number of aryl methyl sites for hydroxylation is 1. The summed E-state index contributed by atoms with van der Waals surface area (Å²) in [4.78, 5) is 35.4. The number of carbonyl (C=O) groups is 2. The van der Waals surface area contributed by atoms with Gasteiger partial charge in [0, 0.05) is 54.7 Å². The van der Waals surface area contributed by atoms with Crippen molar-refractivity contribution < 1.29 is 9.59 Å². The largest absolute Gasteiger partial charge is 0.368 e. The van der Waals surface area contributed by atoms with E-state index in [1.807, 2.05) is 66.3 Å². The molecule has 0 saturated carbocycles. The van der Waals surface area contributed by atoms with Gasteiger partial charge in [0.25, 0.3) is 0 Å². The lowest BCUT2D eigenvalue weighted by molar-refractivity contribution is -0.126. The first-order chi connectivity index (χ1) is 15.0. The number of anilines is 2. The van der Waals surface area contributed by atoms with E-state index in [0.717, 1.165) is 16.0 Å². The van der Waals surface area contributed by atoms with Crippen LogP contribution in [0.25, 0.3) is 5.82 Å². The Kier molecular flexibility index (Phi) is 6.31. The van der Waals surface area contributed by atoms with Crippen molar-refractivity contribution in [1.82, 2.24) is 19.9 Å². The number of nitrogens with zero attached hydrogens (tertiary/aromatic N) is 4. The van der Waals surface area contributed by atoms with Crippen molar-refractivity contribution in [3.05, 3.63) is 65.2 Å². The molecule has 8 nitrogen and oxygen atoms in total. The normalized spacial score (nSPS) is 15.9. The van der Waals surface area contributed by atoms with Gasteiger partial charge in [0.05, 0.1) is 5.92 Å². The van der Waals surface area contributed by atoms with Crippen LogP contribution in [0, 0.1) is 12.8 Å². The van der Waals surface area contributed by atoms with E-state index in [4.69, 9.17) is 0 Å². The number of hydrogen-bond donors (Lipinski definition) is 2. The van der Waals surface area contributed by atoms with E-state index in [1.54, 1.807) is 4.90 Å². The maximum Gasteiger partial charge on any atom is 0.227 e. The van der Waals surface area contributed by atoms with Gasteiger partial charge in [-0.25, -0.2) is 9.97 Å². The van der Waals surface area contributed by atoms with E-state index in [-0.39, 0.29) is 24.2 Å². The quantitative estimate of drug-likeness (QED) is 0.505. The predicted molar refractivity (Wildman–Crippen MR) is 122 cm³/mol. The third-order valence-electron chi connectivity index (χ3n) is 5.04. The number of nitrogens with one attached hydrogen (secondary N) is 2. The van der Waals surface area contributed by atoms with Crippen LogP contribution in [-0.4, -0.2) is 46.0 Å². The molecule has 0 aliphatic carbocycles. The molecule has 2 N–H and O–H groups in total. The van der Waals surface area contributed by atoms with Crippen molar-refractivity contribution in [2.75, 3.05) is 29.9 Å². The van der Waals surface area contributed by atoms with Crippen molar-refractivity contribution in [1.29, 1.82) is 0 Å². The minimum absolute atomic E-state index is 0.0367. The van der Waals surface area contributed by atoms with E-state index in [1.165, 1.54) is 0 Å². The Morgan fingerprint density at radius 1 is 1.16 bits per heavy atom. The lowest BCUT2D eigenvalue weighted by atomic mass is 10.1. The van der Waals surface area contributed by atoms with Gasteiger partial charge < -0.3 is 20.1 Å². The van der Waals surface area contributed by atoms with E-state index in [9.17, 15) is 9.59 Å². The van der Waals surface area contributed by atoms with Crippen molar-refractivity contribution in [2.45, 2.75) is 13.3 Å². The van der Waals surface area contributed by atoms with E-state index in [0.29, 0.717) is 31.3 Å². The second-order valence-electron chi connectivity index (χ2n) is 7.35. The zero-order valence-corrected chi connectivity index (χ0v) is 18.7. The van der Waals surface area contributed by atoms with Crippen molar-refractivity contribution in [3.63, 3.8) is 0 Å². The number of halogens is 1. The molecule has 1 aromatic carbocycles. The summed E-state index contributed by atoms with van der Waals surface area (Å²) >= 11 is 3.42. The van der Waals surface area contributed by atoms with Gasteiger partial charge in [0.15, 0.2) is 0 Å². The molecule has 1 saturated heterocycles. The molecule has 160 valence electrons. The first-order valence-corrected chi connectivity index (χ1v) is 10.9. The summed E-state index contributed by atoms with van der Waals surface area (Å²) in [5, 5.41) is 6.14. The third kappa shape index (κ3) is 5.11. The Morgan fingerprint density at radius 2 is 1.97 bits per heavy atom. The third-order valence-corrected chi connectivity index (χ3v) is 5.53. The highest BCUT2D eigenvalue weighted by Gasteiger charge is 2.34. The standard InChI is InChI=1S/C22H23BrN6O2/c1-15-26-19(13-20(27-15)28-9-2-3-10-28)24-7-8-25-22(31)16-11-21(30)29(14-16)18-6-4-5-17(23)12-18/h2-6,9-10,12-13,16H,7-8,11,14H2,1H3,(H,25,31)(H,24,26,27). The van der Waals surface area contributed by atoms with Crippen LogP contribution in [0.1, 0.15) is 12.2 Å². The molecule has 1 fully saturated rings.